The molecular weight excluding hydrogens is 448 g/mol. The van der Waals surface area contributed by atoms with Gasteiger partial charge in [0.2, 0.25) is 0 Å². The van der Waals surface area contributed by atoms with Crippen molar-refractivity contribution in [2.45, 2.75) is 33.4 Å². The topological polar surface area (TPSA) is 52.7 Å². The summed E-state index contributed by atoms with van der Waals surface area (Å²) in [6, 6.07) is 16.4. The second kappa shape index (κ2) is 11.1. The van der Waals surface area contributed by atoms with Crippen molar-refractivity contribution in [3.63, 3.8) is 0 Å². The summed E-state index contributed by atoms with van der Waals surface area (Å²) < 4.78 is 27.0. The van der Waals surface area contributed by atoms with Crippen LogP contribution in [0.5, 0.6) is 0 Å². The standard InChI is InChI=1S/C28H31F2N3O2/c1-18(2)19(3)33(28(35)20-9-11-23(29)12-10-20)17-22-16-25(13-14-26(22)32(4)5)31-27(34)21-7-6-8-24(30)15-21/h6-16,18-19H,17H2,1-5H3,(H,31,34)/t19-/m1/s1. The average molecular weight is 480 g/mol. The Morgan fingerprint density at radius 1 is 0.857 bits per heavy atom. The molecule has 7 heteroatoms. The van der Waals surface area contributed by atoms with Crippen LogP contribution in [0.1, 0.15) is 47.1 Å². The number of benzene rings is 3. The summed E-state index contributed by atoms with van der Waals surface area (Å²) in [5.41, 5.74) is 2.87. The molecule has 3 aromatic carbocycles. The van der Waals surface area contributed by atoms with E-state index in [9.17, 15) is 18.4 Å². The van der Waals surface area contributed by atoms with Crippen molar-refractivity contribution >= 4 is 23.2 Å². The molecule has 0 saturated heterocycles. The highest BCUT2D eigenvalue weighted by atomic mass is 19.1. The van der Waals surface area contributed by atoms with Gasteiger partial charge in [-0.15, -0.1) is 0 Å². The molecule has 1 atom stereocenters. The SMILES string of the molecule is CC(C)[C@@H](C)N(Cc1cc(NC(=O)c2cccc(F)c2)ccc1N(C)C)C(=O)c1ccc(F)cc1. The molecule has 0 fully saturated rings. The van der Waals surface area contributed by atoms with Crippen molar-refractivity contribution in [3.8, 4) is 0 Å². The van der Waals surface area contributed by atoms with Gasteiger partial charge >= 0.3 is 0 Å². The lowest BCUT2D eigenvalue weighted by Crippen LogP contribution is -2.41. The number of amides is 2. The summed E-state index contributed by atoms with van der Waals surface area (Å²) in [7, 11) is 3.81. The molecule has 3 aromatic rings. The summed E-state index contributed by atoms with van der Waals surface area (Å²) >= 11 is 0. The minimum Gasteiger partial charge on any atom is -0.377 e. The molecule has 184 valence electrons. The first kappa shape index (κ1) is 25.9. The summed E-state index contributed by atoms with van der Waals surface area (Å²) in [5, 5.41) is 2.82. The Morgan fingerprint density at radius 2 is 1.54 bits per heavy atom. The van der Waals surface area contributed by atoms with Crippen LogP contribution in [0.4, 0.5) is 20.2 Å². The predicted molar refractivity (Wildman–Crippen MR) is 136 cm³/mol. The molecule has 0 unspecified atom stereocenters. The van der Waals surface area contributed by atoms with Gasteiger partial charge in [-0.25, -0.2) is 8.78 Å². The van der Waals surface area contributed by atoms with Gasteiger partial charge in [0.25, 0.3) is 11.8 Å². The van der Waals surface area contributed by atoms with Crippen molar-refractivity contribution in [2.24, 2.45) is 5.92 Å². The van der Waals surface area contributed by atoms with Crippen LogP contribution < -0.4 is 10.2 Å². The zero-order chi connectivity index (χ0) is 25.7. The smallest absolute Gasteiger partial charge is 0.255 e. The van der Waals surface area contributed by atoms with E-state index in [1.807, 2.05) is 51.9 Å². The van der Waals surface area contributed by atoms with E-state index in [4.69, 9.17) is 0 Å². The normalized spacial score (nSPS) is 11.8. The number of hydrogen-bond donors (Lipinski definition) is 1. The highest BCUT2D eigenvalue weighted by Gasteiger charge is 2.25. The van der Waals surface area contributed by atoms with Crippen LogP contribution in [0.15, 0.2) is 66.7 Å². The van der Waals surface area contributed by atoms with E-state index in [2.05, 4.69) is 5.32 Å². The Hall–Kier alpha value is -3.74. The molecule has 0 bridgehead atoms. The molecule has 5 nitrogen and oxygen atoms in total. The molecule has 0 aliphatic rings. The fourth-order valence-corrected chi connectivity index (χ4v) is 3.76. The zero-order valence-corrected chi connectivity index (χ0v) is 20.7. The Kier molecular flexibility index (Phi) is 8.22. The molecule has 0 aliphatic carbocycles. The van der Waals surface area contributed by atoms with E-state index in [1.54, 1.807) is 17.0 Å². The van der Waals surface area contributed by atoms with Crippen LogP contribution in [0.2, 0.25) is 0 Å². The summed E-state index contributed by atoms with van der Waals surface area (Å²) in [6.45, 7) is 6.35. The first-order valence-electron chi connectivity index (χ1n) is 11.5. The van der Waals surface area contributed by atoms with Crippen molar-refractivity contribution in [1.29, 1.82) is 0 Å². The van der Waals surface area contributed by atoms with Crippen molar-refractivity contribution in [3.05, 3.63) is 95.1 Å². The van der Waals surface area contributed by atoms with Crippen molar-refractivity contribution in [1.82, 2.24) is 4.90 Å². The Bertz CT molecular complexity index is 1190. The fraction of sp³-hybridized carbons (Fsp3) is 0.286. The van der Waals surface area contributed by atoms with E-state index in [0.29, 0.717) is 11.3 Å². The average Bonchev–Trinajstić information content (AvgIpc) is 2.82. The second-order valence-electron chi connectivity index (χ2n) is 9.13. The highest BCUT2D eigenvalue weighted by molar-refractivity contribution is 6.04. The van der Waals surface area contributed by atoms with Crippen LogP contribution in [-0.4, -0.2) is 36.9 Å². The number of nitrogens with zero attached hydrogens (tertiary/aromatic N) is 2. The maximum atomic E-state index is 13.6. The van der Waals surface area contributed by atoms with E-state index >= 15 is 0 Å². The Labute approximate surface area is 205 Å². The predicted octanol–water partition coefficient (Wildman–Crippen LogP) is 5.97. The number of halogens is 2. The maximum Gasteiger partial charge on any atom is 0.255 e. The molecule has 0 radical (unpaired) electrons. The molecule has 0 heterocycles. The first-order chi connectivity index (χ1) is 16.6. The Balaban J connectivity index is 1.95. The lowest BCUT2D eigenvalue weighted by molar-refractivity contribution is 0.0628. The summed E-state index contributed by atoms with van der Waals surface area (Å²) in [4.78, 5) is 29.8. The van der Waals surface area contributed by atoms with Gasteiger partial charge in [0.05, 0.1) is 0 Å². The molecule has 3 rings (SSSR count). The third-order valence-corrected chi connectivity index (χ3v) is 6.06. The second-order valence-corrected chi connectivity index (χ2v) is 9.13. The summed E-state index contributed by atoms with van der Waals surface area (Å²) in [5.74, 6) is -1.34. The van der Waals surface area contributed by atoms with Crippen molar-refractivity contribution in [2.75, 3.05) is 24.3 Å². The van der Waals surface area contributed by atoms with Gasteiger partial charge in [-0.05, 0) is 79.1 Å². The molecule has 0 aromatic heterocycles. The van der Waals surface area contributed by atoms with E-state index in [1.165, 1.54) is 42.5 Å². The lowest BCUT2D eigenvalue weighted by atomic mass is 10.0. The minimum absolute atomic E-state index is 0.104. The lowest BCUT2D eigenvalue weighted by Gasteiger charge is -2.33. The van der Waals surface area contributed by atoms with Gasteiger partial charge in [0, 0.05) is 49.2 Å². The van der Waals surface area contributed by atoms with Crippen LogP contribution in [-0.2, 0) is 6.54 Å². The van der Waals surface area contributed by atoms with Gasteiger partial charge in [-0.2, -0.15) is 0 Å². The molecular formula is C28H31F2N3O2. The van der Waals surface area contributed by atoms with E-state index in [0.717, 1.165) is 11.3 Å². The first-order valence-corrected chi connectivity index (χ1v) is 11.5. The third-order valence-electron chi connectivity index (χ3n) is 6.06. The molecule has 2 amide bonds. The van der Waals surface area contributed by atoms with Crippen molar-refractivity contribution < 1.29 is 18.4 Å². The van der Waals surface area contributed by atoms with Crippen LogP contribution >= 0.6 is 0 Å². The molecule has 0 aliphatic heterocycles. The Morgan fingerprint density at radius 3 is 2.14 bits per heavy atom. The van der Waals surface area contributed by atoms with Crippen LogP contribution in [0.3, 0.4) is 0 Å². The molecule has 1 N–H and O–H groups in total. The summed E-state index contributed by atoms with van der Waals surface area (Å²) in [6.07, 6.45) is 0. The van der Waals surface area contributed by atoms with E-state index < -0.39 is 17.5 Å². The number of hydrogen-bond acceptors (Lipinski definition) is 3. The largest absolute Gasteiger partial charge is 0.377 e. The quantitative estimate of drug-likeness (QED) is 0.433. The molecule has 35 heavy (non-hydrogen) atoms. The van der Waals surface area contributed by atoms with E-state index in [-0.39, 0.29) is 30.0 Å². The zero-order valence-electron chi connectivity index (χ0n) is 20.7. The maximum absolute atomic E-state index is 13.6. The number of rotatable bonds is 8. The monoisotopic (exact) mass is 479 g/mol. The number of anilines is 2. The van der Waals surface area contributed by atoms with Crippen LogP contribution in [0, 0.1) is 17.6 Å². The van der Waals surface area contributed by atoms with Gasteiger partial charge < -0.3 is 15.1 Å². The third kappa shape index (κ3) is 6.44. The highest BCUT2D eigenvalue weighted by Crippen LogP contribution is 2.27. The van der Waals surface area contributed by atoms with Gasteiger partial charge in [0.15, 0.2) is 0 Å². The molecule has 0 saturated carbocycles. The number of carbonyl (C=O) groups is 2. The van der Waals surface area contributed by atoms with Gasteiger partial charge in [-0.1, -0.05) is 19.9 Å². The minimum atomic E-state index is -0.487. The van der Waals surface area contributed by atoms with Crippen LogP contribution in [0.25, 0.3) is 0 Å². The number of nitrogens with one attached hydrogen (secondary N) is 1. The fourth-order valence-electron chi connectivity index (χ4n) is 3.76. The molecule has 0 spiro atoms. The van der Waals surface area contributed by atoms with Gasteiger partial charge in [-0.3, -0.25) is 9.59 Å². The number of carbonyl (C=O) groups excluding carboxylic acids is 2. The van der Waals surface area contributed by atoms with Gasteiger partial charge in [0.1, 0.15) is 11.6 Å².